The second-order valence-electron chi connectivity index (χ2n) is 6.57. The van der Waals surface area contributed by atoms with Gasteiger partial charge >= 0.3 is 5.97 Å². The molecule has 0 aliphatic heterocycles. The summed E-state index contributed by atoms with van der Waals surface area (Å²) in [7, 11) is -0.129. The monoisotopic (exact) mass is 388 g/mol. The van der Waals surface area contributed by atoms with Crippen LogP contribution < -0.4 is 0 Å². The first-order valence-corrected chi connectivity index (χ1v) is 10.3. The van der Waals surface area contributed by atoms with Crippen LogP contribution in [0.15, 0.2) is 81.2 Å². The number of ether oxygens (including phenoxy) is 1. The van der Waals surface area contributed by atoms with Crippen molar-refractivity contribution in [2.75, 3.05) is 7.11 Å². The minimum absolute atomic E-state index is 0.0738. The summed E-state index contributed by atoms with van der Waals surface area (Å²) >= 11 is 0. The van der Waals surface area contributed by atoms with E-state index in [1.54, 1.807) is 0 Å². The Morgan fingerprint density at radius 1 is 0.786 bits per heavy atom. The summed E-state index contributed by atoms with van der Waals surface area (Å²) in [5.74, 6) is -0.349. The highest BCUT2D eigenvalue weighted by Gasteiger charge is 2.14. The highest BCUT2D eigenvalue weighted by atomic mass is 31.1. The molecule has 5 aromatic rings. The third-order valence-electron chi connectivity index (χ3n) is 4.92. The summed E-state index contributed by atoms with van der Waals surface area (Å²) in [6.45, 7) is 0. The Balaban J connectivity index is 2.05. The quantitative estimate of drug-likeness (QED) is 0.313. The van der Waals surface area contributed by atoms with Crippen LogP contribution in [0.2, 0.25) is 0 Å². The van der Waals surface area contributed by atoms with E-state index in [9.17, 15) is 4.79 Å². The molecule has 28 heavy (non-hydrogen) atoms. The van der Waals surface area contributed by atoms with Gasteiger partial charge in [0.1, 0.15) is 17.3 Å². The minimum atomic E-state index is -1.50. The lowest BCUT2D eigenvalue weighted by Gasteiger charge is -2.05. The molecule has 138 valence electrons. The third kappa shape index (κ3) is 2.74. The van der Waals surface area contributed by atoms with E-state index < -0.39 is 8.01 Å². The lowest BCUT2D eigenvalue weighted by Crippen LogP contribution is -1.98. The van der Waals surface area contributed by atoms with Crippen molar-refractivity contribution in [3.63, 3.8) is 0 Å². The summed E-state index contributed by atoms with van der Waals surface area (Å²) in [5, 5.41) is 6.44. The molecule has 0 aliphatic carbocycles. The number of carbonyl (C=O) groups is 1. The lowest BCUT2D eigenvalue weighted by atomic mass is 9.99. The van der Waals surface area contributed by atoms with Crippen LogP contribution in [0.25, 0.3) is 43.5 Å². The van der Waals surface area contributed by atoms with Crippen molar-refractivity contribution in [1.82, 2.24) is 0 Å². The van der Waals surface area contributed by atoms with Crippen LogP contribution >= 0.6 is 8.01 Å². The Labute approximate surface area is 161 Å². The van der Waals surface area contributed by atoms with E-state index in [1.807, 2.05) is 48.5 Å². The molecular weight excluding hydrogens is 371 g/mol. The summed E-state index contributed by atoms with van der Waals surface area (Å²) < 4.78 is 17.2. The molecule has 0 N–H and O–H groups in total. The van der Waals surface area contributed by atoms with Gasteiger partial charge < -0.3 is 13.1 Å². The first-order valence-electron chi connectivity index (χ1n) is 8.99. The first-order chi connectivity index (χ1) is 13.7. The van der Waals surface area contributed by atoms with Gasteiger partial charge in [0.2, 0.25) is 8.01 Å². The predicted molar refractivity (Wildman–Crippen MR) is 113 cm³/mol. The van der Waals surface area contributed by atoms with E-state index in [4.69, 9.17) is 13.1 Å². The van der Waals surface area contributed by atoms with Gasteiger partial charge in [-0.15, -0.1) is 0 Å². The number of benzene rings is 4. The molecule has 5 heteroatoms. The van der Waals surface area contributed by atoms with Crippen LogP contribution in [-0.4, -0.2) is 13.1 Å². The molecule has 1 aromatic heterocycles. The maximum absolute atomic E-state index is 11.9. The molecule has 5 rings (SSSR count). The van der Waals surface area contributed by atoms with Gasteiger partial charge in [0.15, 0.2) is 0 Å². The number of carbonyl (C=O) groups excluding carboxylic acids is 1. The number of fused-ring (bicyclic) bond motifs is 7. The molecule has 0 atom stereocenters. The number of esters is 1. The number of rotatable bonds is 2. The fraction of sp³-hybridized carbons (Fsp3) is 0.0870. The van der Waals surface area contributed by atoms with Gasteiger partial charge in [0.25, 0.3) is 0 Å². The fourth-order valence-corrected chi connectivity index (χ4v) is 4.89. The van der Waals surface area contributed by atoms with Crippen molar-refractivity contribution in [3.8, 4) is 0 Å². The van der Waals surface area contributed by atoms with Crippen molar-refractivity contribution in [3.05, 3.63) is 72.8 Å². The van der Waals surface area contributed by atoms with Gasteiger partial charge in [-0.1, -0.05) is 60.7 Å². The van der Waals surface area contributed by atoms with E-state index in [-0.39, 0.29) is 12.1 Å². The smallest absolute Gasteiger partial charge is 0.319 e. The Morgan fingerprint density at radius 2 is 1.29 bits per heavy atom. The number of hydrogen-bond donors (Lipinski definition) is 0. The maximum atomic E-state index is 11.9. The average molecular weight is 388 g/mol. The predicted octanol–water partition coefficient (Wildman–Crippen LogP) is 6.77. The van der Waals surface area contributed by atoms with Gasteiger partial charge in [-0.3, -0.25) is 4.79 Å². The van der Waals surface area contributed by atoms with Gasteiger partial charge in [-0.2, -0.15) is 0 Å². The fourth-order valence-electron chi connectivity index (χ4n) is 3.64. The highest BCUT2D eigenvalue weighted by molar-refractivity contribution is 7.37. The zero-order valence-electron chi connectivity index (χ0n) is 15.2. The highest BCUT2D eigenvalue weighted by Crippen LogP contribution is 2.41. The largest absolute Gasteiger partial charge is 0.468 e. The summed E-state index contributed by atoms with van der Waals surface area (Å²) in [6, 6.07) is 24.5. The SMILES string of the molecule is COC(=O)Cp1oc2ccc3ccccc3c2c2c(ccc3ccccc32)o1. The molecule has 0 spiro atoms. The van der Waals surface area contributed by atoms with Crippen molar-refractivity contribution in [2.24, 2.45) is 0 Å². The molecule has 0 unspecified atom stereocenters. The van der Waals surface area contributed by atoms with Crippen molar-refractivity contribution < 1.29 is 17.9 Å². The Kier molecular flexibility index (Phi) is 4.07. The summed E-state index contributed by atoms with van der Waals surface area (Å²) in [5.41, 5.74) is 1.45. The van der Waals surface area contributed by atoms with Gasteiger partial charge in [0.05, 0.1) is 7.11 Å². The molecule has 0 amide bonds. The van der Waals surface area contributed by atoms with Crippen LogP contribution in [-0.2, 0) is 15.7 Å². The molecule has 4 aromatic carbocycles. The van der Waals surface area contributed by atoms with Crippen molar-refractivity contribution in [1.29, 1.82) is 0 Å². The second-order valence-corrected chi connectivity index (χ2v) is 7.92. The van der Waals surface area contributed by atoms with Crippen molar-refractivity contribution >= 4 is 57.5 Å². The first kappa shape index (κ1) is 16.9. The maximum Gasteiger partial charge on any atom is 0.319 e. The van der Waals surface area contributed by atoms with Crippen LogP contribution in [0, 0.1) is 0 Å². The van der Waals surface area contributed by atoms with Crippen LogP contribution in [0.1, 0.15) is 0 Å². The summed E-state index contributed by atoms with van der Waals surface area (Å²) in [4.78, 5) is 11.9. The molecule has 0 saturated heterocycles. The third-order valence-corrected chi connectivity index (χ3v) is 6.23. The van der Waals surface area contributed by atoms with Gasteiger partial charge in [-0.05, 0) is 33.7 Å². The number of hydrogen-bond acceptors (Lipinski definition) is 4. The molecule has 1 heterocycles. The molecule has 4 nitrogen and oxygen atoms in total. The van der Waals surface area contributed by atoms with E-state index in [0.717, 1.165) is 43.5 Å². The average Bonchev–Trinajstić information content (AvgIpc) is 2.90. The van der Waals surface area contributed by atoms with E-state index >= 15 is 0 Å². The van der Waals surface area contributed by atoms with Gasteiger partial charge in [0, 0.05) is 10.8 Å². The molecule has 0 fully saturated rings. The molecule has 0 radical (unpaired) electrons. The van der Waals surface area contributed by atoms with Crippen LogP contribution in [0.3, 0.4) is 0 Å². The number of methoxy groups -OCH3 is 1. The van der Waals surface area contributed by atoms with Crippen molar-refractivity contribution in [2.45, 2.75) is 6.16 Å². The second kappa shape index (κ2) is 6.74. The normalized spacial score (nSPS) is 11.3. The summed E-state index contributed by atoms with van der Waals surface area (Å²) in [6.07, 6.45) is 0.0738. The molecule has 0 aliphatic rings. The van der Waals surface area contributed by atoms with E-state index in [0.29, 0.717) is 0 Å². The van der Waals surface area contributed by atoms with E-state index in [2.05, 4.69) is 24.3 Å². The Morgan fingerprint density at radius 3 is 1.79 bits per heavy atom. The molecule has 0 saturated carbocycles. The Hall–Kier alpha value is -3.23. The van der Waals surface area contributed by atoms with Crippen LogP contribution in [0.5, 0.6) is 0 Å². The minimum Gasteiger partial charge on any atom is -0.468 e. The Bertz CT molecular complexity index is 1300. The van der Waals surface area contributed by atoms with Crippen LogP contribution in [0.4, 0.5) is 0 Å². The zero-order chi connectivity index (χ0) is 19.1. The molecule has 0 bridgehead atoms. The van der Waals surface area contributed by atoms with Gasteiger partial charge in [-0.25, -0.2) is 0 Å². The molecular formula is C23H17O4P. The van der Waals surface area contributed by atoms with E-state index in [1.165, 1.54) is 7.11 Å². The topological polar surface area (TPSA) is 52.6 Å². The zero-order valence-corrected chi connectivity index (χ0v) is 16.1. The lowest BCUT2D eigenvalue weighted by molar-refractivity contribution is -0.138. The standard InChI is InChI=1S/C23H17O4P/c1-25-21(24)14-28-26-19-12-10-15-6-2-4-8-17(15)22(19)23-18-9-5-3-7-16(18)11-13-20(23)27-28/h2-13H,14H2,1H3.